The highest BCUT2D eigenvalue weighted by Gasteiger charge is 2.20. The summed E-state index contributed by atoms with van der Waals surface area (Å²) in [5.41, 5.74) is 1.41. The highest BCUT2D eigenvalue weighted by atomic mass is 35.5. The van der Waals surface area contributed by atoms with Crippen molar-refractivity contribution < 1.29 is 13.2 Å². The Bertz CT molecular complexity index is 696. The van der Waals surface area contributed by atoms with E-state index < -0.39 is 10.0 Å². The van der Waals surface area contributed by atoms with E-state index in [-0.39, 0.29) is 29.6 Å². The summed E-state index contributed by atoms with van der Waals surface area (Å²) in [5, 5.41) is 12.0. The van der Waals surface area contributed by atoms with Gasteiger partial charge in [-0.3, -0.25) is 0 Å². The highest BCUT2D eigenvalue weighted by Crippen LogP contribution is 2.24. The fraction of sp³-hybridized carbons (Fsp3) is 0.357. The number of hydrogen-bond acceptors (Lipinski definition) is 5. The second-order valence-electron chi connectivity index (χ2n) is 4.62. The average Bonchev–Trinajstić information content (AvgIpc) is 2.53. The molecule has 0 spiro atoms. The summed E-state index contributed by atoms with van der Waals surface area (Å²) in [6.07, 6.45) is 2.81. The topological polar surface area (TPSA) is 91.2 Å². The zero-order chi connectivity index (χ0) is 15.3. The van der Waals surface area contributed by atoms with Gasteiger partial charge in [0.2, 0.25) is 10.0 Å². The van der Waals surface area contributed by atoms with Crippen LogP contribution in [-0.4, -0.2) is 35.2 Å². The van der Waals surface area contributed by atoms with E-state index in [1.54, 1.807) is 0 Å². The number of nitrogens with one attached hydrogen (secondary N) is 2. The largest absolute Gasteiger partial charge is 0.495 e. The predicted octanol–water partition coefficient (Wildman–Crippen LogP) is 1.19. The van der Waals surface area contributed by atoms with Crippen molar-refractivity contribution in [3.8, 4) is 11.8 Å². The second-order valence-corrected chi connectivity index (χ2v) is 6.35. The zero-order valence-electron chi connectivity index (χ0n) is 12.1. The minimum absolute atomic E-state index is 0. The SMILES string of the molecule is COc1cc(C#N)ccc1S(=O)(=O)NCC1=CCNCC1.Cl. The van der Waals surface area contributed by atoms with E-state index in [4.69, 9.17) is 10.00 Å². The van der Waals surface area contributed by atoms with E-state index in [0.717, 1.165) is 25.1 Å². The summed E-state index contributed by atoms with van der Waals surface area (Å²) in [7, 11) is -2.29. The first kappa shape index (κ1) is 18.5. The Balaban J connectivity index is 0.00000242. The van der Waals surface area contributed by atoms with Gasteiger partial charge < -0.3 is 10.1 Å². The van der Waals surface area contributed by atoms with Crippen molar-refractivity contribution >= 4 is 22.4 Å². The molecule has 0 fully saturated rings. The fourth-order valence-corrected chi connectivity index (χ4v) is 3.24. The number of methoxy groups -OCH3 is 1. The maximum absolute atomic E-state index is 12.3. The Hall–Kier alpha value is -1.59. The average molecular weight is 344 g/mol. The summed E-state index contributed by atoms with van der Waals surface area (Å²) < 4.78 is 32.3. The van der Waals surface area contributed by atoms with Gasteiger partial charge in [0.1, 0.15) is 10.6 Å². The molecule has 1 aliphatic rings. The van der Waals surface area contributed by atoms with Crippen LogP contribution in [0.4, 0.5) is 0 Å². The van der Waals surface area contributed by atoms with Crippen molar-refractivity contribution in [3.63, 3.8) is 0 Å². The molecule has 0 aliphatic carbocycles. The number of hydrogen-bond donors (Lipinski definition) is 2. The summed E-state index contributed by atoms with van der Waals surface area (Å²) in [6.45, 7) is 1.90. The Morgan fingerprint density at radius 1 is 1.45 bits per heavy atom. The molecule has 22 heavy (non-hydrogen) atoms. The molecule has 0 bridgehead atoms. The number of nitriles is 1. The van der Waals surface area contributed by atoms with Gasteiger partial charge in [0.25, 0.3) is 0 Å². The number of ether oxygens (including phenoxy) is 1. The van der Waals surface area contributed by atoms with Gasteiger partial charge in [-0.15, -0.1) is 12.4 Å². The van der Waals surface area contributed by atoms with Gasteiger partial charge in [-0.2, -0.15) is 5.26 Å². The third kappa shape index (κ3) is 4.45. The molecule has 8 heteroatoms. The molecular weight excluding hydrogens is 326 g/mol. The van der Waals surface area contributed by atoms with Gasteiger partial charge >= 0.3 is 0 Å². The standard InChI is InChI=1S/C14H17N3O3S.ClH/c1-20-13-8-12(9-15)2-3-14(13)21(18,19)17-10-11-4-6-16-7-5-11;/h2-4,8,16-17H,5-7,10H2,1H3;1H. The van der Waals surface area contributed by atoms with Crippen molar-refractivity contribution in [2.24, 2.45) is 0 Å². The van der Waals surface area contributed by atoms with Crippen molar-refractivity contribution in [2.75, 3.05) is 26.7 Å². The smallest absolute Gasteiger partial charge is 0.244 e. The number of sulfonamides is 1. The lowest BCUT2D eigenvalue weighted by Crippen LogP contribution is -2.30. The van der Waals surface area contributed by atoms with Crippen LogP contribution < -0.4 is 14.8 Å². The predicted molar refractivity (Wildman–Crippen MR) is 85.7 cm³/mol. The molecule has 0 atom stereocenters. The first-order valence-corrected chi connectivity index (χ1v) is 8.01. The fourth-order valence-electron chi connectivity index (χ4n) is 2.05. The normalized spacial score (nSPS) is 14.5. The van der Waals surface area contributed by atoms with Crippen LogP contribution in [0.1, 0.15) is 12.0 Å². The van der Waals surface area contributed by atoms with E-state index in [9.17, 15) is 8.42 Å². The van der Waals surface area contributed by atoms with Gasteiger partial charge in [0.05, 0.1) is 18.7 Å². The van der Waals surface area contributed by atoms with Crippen molar-refractivity contribution in [1.82, 2.24) is 10.0 Å². The Kier molecular flexibility index (Phi) is 6.84. The molecule has 0 radical (unpaired) electrons. The molecule has 0 saturated carbocycles. The molecule has 2 rings (SSSR count). The lowest BCUT2D eigenvalue weighted by atomic mass is 10.1. The maximum Gasteiger partial charge on any atom is 0.244 e. The van der Waals surface area contributed by atoms with Gasteiger partial charge in [-0.05, 0) is 31.2 Å². The molecule has 6 nitrogen and oxygen atoms in total. The zero-order valence-corrected chi connectivity index (χ0v) is 13.8. The molecule has 1 aliphatic heterocycles. The molecule has 0 amide bonds. The number of halogens is 1. The van der Waals surface area contributed by atoms with Crippen LogP contribution in [-0.2, 0) is 10.0 Å². The first-order chi connectivity index (χ1) is 10.1. The monoisotopic (exact) mass is 343 g/mol. The maximum atomic E-state index is 12.3. The molecular formula is C14H18ClN3O3S. The quantitative estimate of drug-likeness (QED) is 0.783. The van der Waals surface area contributed by atoms with Gasteiger partial charge in [0.15, 0.2) is 0 Å². The molecule has 1 heterocycles. The molecule has 0 aromatic heterocycles. The molecule has 1 aromatic carbocycles. The van der Waals surface area contributed by atoms with Crippen LogP contribution in [0.3, 0.4) is 0 Å². The number of benzene rings is 1. The summed E-state index contributed by atoms with van der Waals surface area (Å²) in [5.74, 6) is 0.167. The van der Waals surface area contributed by atoms with Crippen LogP contribution >= 0.6 is 12.4 Å². The Morgan fingerprint density at radius 2 is 2.23 bits per heavy atom. The summed E-state index contributed by atoms with van der Waals surface area (Å²) >= 11 is 0. The first-order valence-electron chi connectivity index (χ1n) is 6.53. The van der Waals surface area contributed by atoms with Crippen LogP contribution in [0.25, 0.3) is 0 Å². The van der Waals surface area contributed by atoms with E-state index in [2.05, 4.69) is 10.0 Å². The Morgan fingerprint density at radius 3 is 2.82 bits per heavy atom. The molecule has 0 unspecified atom stereocenters. The minimum Gasteiger partial charge on any atom is -0.495 e. The number of rotatable bonds is 5. The Labute approximate surface area is 136 Å². The highest BCUT2D eigenvalue weighted by molar-refractivity contribution is 7.89. The van der Waals surface area contributed by atoms with Crippen LogP contribution in [0.15, 0.2) is 34.7 Å². The second kappa shape index (κ2) is 8.15. The summed E-state index contributed by atoms with van der Waals surface area (Å²) in [4.78, 5) is 0.0403. The minimum atomic E-state index is -3.67. The van der Waals surface area contributed by atoms with Crippen LogP contribution in [0.2, 0.25) is 0 Å². The van der Waals surface area contributed by atoms with Crippen LogP contribution in [0, 0.1) is 11.3 Å². The van der Waals surface area contributed by atoms with Gasteiger partial charge in [-0.25, -0.2) is 13.1 Å². The lowest BCUT2D eigenvalue weighted by molar-refractivity contribution is 0.402. The van der Waals surface area contributed by atoms with E-state index >= 15 is 0 Å². The third-order valence-corrected chi connectivity index (χ3v) is 4.67. The molecule has 1 aromatic rings. The van der Waals surface area contributed by atoms with Gasteiger partial charge in [0, 0.05) is 13.1 Å². The van der Waals surface area contributed by atoms with Crippen LogP contribution in [0.5, 0.6) is 5.75 Å². The van der Waals surface area contributed by atoms with E-state index in [1.165, 1.54) is 25.3 Å². The van der Waals surface area contributed by atoms with Crippen molar-refractivity contribution in [1.29, 1.82) is 5.26 Å². The third-order valence-electron chi connectivity index (χ3n) is 3.23. The number of nitrogens with zero attached hydrogens (tertiary/aromatic N) is 1. The lowest BCUT2D eigenvalue weighted by Gasteiger charge is -2.15. The van der Waals surface area contributed by atoms with E-state index in [1.807, 2.05) is 12.1 Å². The molecule has 120 valence electrons. The molecule has 2 N–H and O–H groups in total. The van der Waals surface area contributed by atoms with Crippen molar-refractivity contribution in [2.45, 2.75) is 11.3 Å². The van der Waals surface area contributed by atoms with Gasteiger partial charge in [-0.1, -0.05) is 11.6 Å². The van der Waals surface area contributed by atoms with E-state index in [0.29, 0.717) is 5.56 Å². The van der Waals surface area contributed by atoms with Crippen molar-refractivity contribution in [3.05, 3.63) is 35.4 Å². The molecule has 0 saturated heterocycles. The summed E-state index contributed by atoms with van der Waals surface area (Å²) in [6, 6.07) is 6.21.